The molecule has 1 heterocycles. The number of ether oxygens (including phenoxy) is 1. The quantitative estimate of drug-likeness (QED) is 0.660. The number of rotatable bonds is 2. The van der Waals surface area contributed by atoms with Gasteiger partial charge in [-0.25, -0.2) is 9.13 Å². The van der Waals surface area contributed by atoms with Gasteiger partial charge in [-0.3, -0.25) is 0 Å². The predicted molar refractivity (Wildman–Crippen MR) is 35.7 cm³/mol. The summed E-state index contributed by atoms with van der Waals surface area (Å²) in [5.41, 5.74) is -7.68. The summed E-state index contributed by atoms with van der Waals surface area (Å²) in [6.45, 7) is 0. The fraction of sp³-hybridized carbons (Fsp3) is 1.00. The molecule has 1 nitrogen and oxygen atoms in total. The van der Waals surface area contributed by atoms with Crippen molar-refractivity contribution in [3.05, 3.63) is 0 Å². The fourth-order valence-electron chi connectivity index (χ4n) is 1.45. The maximum Gasteiger partial charge on any atom is 0.460 e. The van der Waals surface area contributed by atoms with Crippen molar-refractivity contribution in [1.29, 1.82) is 0 Å². The van der Waals surface area contributed by atoms with Gasteiger partial charge in [0.25, 0.3) is 0 Å². The first kappa shape index (κ1) is 19.0. The zero-order valence-electron chi connectivity index (χ0n) is 9.20. The van der Waals surface area contributed by atoms with Gasteiger partial charge in [-0.15, -0.1) is 0 Å². The molecule has 0 saturated carbocycles. The summed E-state index contributed by atoms with van der Waals surface area (Å²) in [6, 6.07) is 0. The van der Waals surface area contributed by atoms with E-state index < -0.39 is 41.8 Å². The Morgan fingerprint density at radius 1 is 0.591 bits per heavy atom. The third-order valence-electron chi connectivity index (χ3n) is 2.64. The lowest BCUT2D eigenvalue weighted by atomic mass is 9.86. The minimum Gasteiger partial charge on any atom is -0.247 e. The first-order chi connectivity index (χ1) is 9.21. The van der Waals surface area contributed by atoms with Crippen molar-refractivity contribution in [2.24, 2.45) is 0 Å². The molecule has 15 heteroatoms. The lowest BCUT2D eigenvalue weighted by molar-refractivity contribution is -0.426. The van der Waals surface area contributed by atoms with Crippen LogP contribution in [0, 0.1) is 0 Å². The Labute approximate surface area is 109 Å². The van der Waals surface area contributed by atoms with Crippen LogP contribution in [0.3, 0.4) is 0 Å². The second-order valence-corrected chi connectivity index (χ2v) is 4.02. The molecule has 0 bridgehead atoms. The molecule has 0 aromatic heterocycles. The van der Waals surface area contributed by atoms with Crippen molar-refractivity contribution in [3.8, 4) is 0 Å². The van der Waals surface area contributed by atoms with Crippen LogP contribution in [0.25, 0.3) is 0 Å². The highest BCUT2D eigenvalue weighted by Gasteiger charge is 3.01. The molecule has 1 aliphatic rings. The van der Waals surface area contributed by atoms with E-state index in [1.807, 2.05) is 0 Å². The lowest BCUT2D eigenvalue weighted by Crippen LogP contribution is -2.72. The number of alkyl halides is 14. The summed E-state index contributed by atoms with van der Waals surface area (Å²) in [5, 5.41) is 0. The van der Waals surface area contributed by atoms with E-state index in [0.29, 0.717) is 0 Å². The summed E-state index contributed by atoms with van der Waals surface area (Å²) >= 11 is 0. The van der Waals surface area contributed by atoms with E-state index in [1.165, 1.54) is 0 Å². The van der Waals surface area contributed by atoms with Gasteiger partial charge in [0.1, 0.15) is 0 Å². The van der Waals surface area contributed by atoms with Crippen molar-refractivity contribution in [2.45, 2.75) is 41.8 Å². The highest BCUT2D eigenvalue weighted by atomic mass is 19.4. The normalized spacial score (nSPS) is 31.4. The molecule has 22 heavy (non-hydrogen) atoms. The van der Waals surface area contributed by atoms with Gasteiger partial charge in [-0.05, 0) is 0 Å². The average molecular weight is 366 g/mol. The molecule has 1 aliphatic heterocycles. The highest BCUT2D eigenvalue weighted by molar-refractivity contribution is 5.21. The van der Waals surface area contributed by atoms with E-state index in [0.717, 1.165) is 0 Å². The van der Waals surface area contributed by atoms with Crippen molar-refractivity contribution < 1.29 is 66.2 Å². The Kier molecular flexibility index (Phi) is 3.53. The first-order valence-electron chi connectivity index (χ1n) is 4.55. The molecule has 1 atom stereocenters. The summed E-state index contributed by atoms with van der Waals surface area (Å²) < 4.78 is 177. The monoisotopic (exact) mass is 366 g/mol. The topological polar surface area (TPSA) is 9.23 Å². The second kappa shape index (κ2) is 4.08. The molecule has 1 fully saturated rings. The first-order valence-corrected chi connectivity index (χ1v) is 4.55. The van der Waals surface area contributed by atoms with Crippen LogP contribution in [0.15, 0.2) is 0 Å². The Hall–Kier alpha value is -1.02. The fourth-order valence-corrected chi connectivity index (χ4v) is 1.45. The molecule has 0 aliphatic carbocycles. The van der Waals surface area contributed by atoms with Gasteiger partial charge in [0.15, 0.2) is 0 Å². The Bertz CT molecular complexity index is 462. The molecule has 1 unspecified atom stereocenters. The lowest BCUT2D eigenvalue weighted by Gasteiger charge is -2.39. The smallest absolute Gasteiger partial charge is 0.247 e. The standard InChI is InChI=1S/C7F14O/c8-1(2(9,10)4(13,14)5(15,16)17)3(11,12)7(20,21)22-6(1,18)19. The zero-order chi connectivity index (χ0) is 18.2. The molecule has 0 N–H and O–H groups in total. The van der Waals surface area contributed by atoms with E-state index in [2.05, 4.69) is 0 Å². The van der Waals surface area contributed by atoms with Crippen LogP contribution in [-0.4, -0.2) is 41.8 Å². The molecule has 0 spiro atoms. The third kappa shape index (κ3) is 1.76. The minimum atomic E-state index is -8.01. The van der Waals surface area contributed by atoms with Gasteiger partial charge in [0.2, 0.25) is 0 Å². The maximum atomic E-state index is 13.3. The SMILES string of the molecule is FC(F)(F)C(F)(F)C(F)(F)C1(F)C(F)(F)OC(F)(F)C1(F)F. The van der Waals surface area contributed by atoms with Crippen LogP contribution in [0.2, 0.25) is 0 Å². The van der Waals surface area contributed by atoms with Gasteiger partial charge in [-0.2, -0.15) is 57.1 Å². The van der Waals surface area contributed by atoms with E-state index in [-0.39, 0.29) is 0 Å². The van der Waals surface area contributed by atoms with Gasteiger partial charge in [-0.1, -0.05) is 0 Å². The summed E-state index contributed by atoms with van der Waals surface area (Å²) in [7, 11) is 0. The molecule has 1 rings (SSSR count). The number of halogens is 14. The van der Waals surface area contributed by atoms with Crippen LogP contribution >= 0.6 is 0 Å². The molecular formula is C7F14O. The van der Waals surface area contributed by atoms with Crippen molar-refractivity contribution in [3.63, 3.8) is 0 Å². The summed E-state index contributed by atoms with van der Waals surface area (Å²) in [5.74, 6) is -23.3. The molecule has 0 aromatic carbocycles. The molecule has 132 valence electrons. The zero-order valence-corrected chi connectivity index (χ0v) is 9.20. The van der Waals surface area contributed by atoms with Crippen LogP contribution in [0.4, 0.5) is 61.5 Å². The molecule has 1 saturated heterocycles. The van der Waals surface area contributed by atoms with E-state index in [1.54, 1.807) is 4.74 Å². The van der Waals surface area contributed by atoms with E-state index >= 15 is 0 Å². The Morgan fingerprint density at radius 2 is 0.955 bits per heavy atom. The highest BCUT2D eigenvalue weighted by Crippen LogP contribution is 2.69. The summed E-state index contributed by atoms with van der Waals surface area (Å²) in [4.78, 5) is 0. The minimum absolute atomic E-state index is 1.69. The molecule has 0 aromatic rings. The van der Waals surface area contributed by atoms with Crippen molar-refractivity contribution in [2.75, 3.05) is 0 Å². The largest absolute Gasteiger partial charge is 0.460 e. The van der Waals surface area contributed by atoms with Crippen LogP contribution in [0.1, 0.15) is 0 Å². The van der Waals surface area contributed by atoms with Crippen LogP contribution in [-0.2, 0) is 4.74 Å². The van der Waals surface area contributed by atoms with Gasteiger partial charge in [0, 0.05) is 0 Å². The molecular weight excluding hydrogens is 366 g/mol. The van der Waals surface area contributed by atoms with Crippen LogP contribution < -0.4 is 0 Å². The Balaban J connectivity index is 3.70. The van der Waals surface area contributed by atoms with E-state index in [9.17, 15) is 61.5 Å². The van der Waals surface area contributed by atoms with Crippen LogP contribution in [0.5, 0.6) is 0 Å². The third-order valence-corrected chi connectivity index (χ3v) is 2.64. The Morgan fingerprint density at radius 3 is 1.18 bits per heavy atom. The van der Waals surface area contributed by atoms with Crippen molar-refractivity contribution in [1.82, 2.24) is 0 Å². The van der Waals surface area contributed by atoms with Crippen molar-refractivity contribution >= 4 is 0 Å². The number of hydrogen-bond donors (Lipinski definition) is 0. The van der Waals surface area contributed by atoms with Gasteiger partial charge < -0.3 is 0 Å². The van der Waals surface area contributed by atoms with Gasteiger partial charge in [0.05, 0.1) is 0 Å². The summed E-state index contributed by atoms with van der Waals surface area (Å²) in [6.07, 6.45) is -21.4. The van der Waals surface area contributed by atoms with E-state index in [4.69, 9.17) is 0 Å². The average Bonchev–Trinajstić information content (AvgIpc) is 2.32. The molecule has 0 radical (unpaired) electrons. The maximum absolute atomic E-state index is 13.3. The predicted octanol–water partition coefficient (Wildman–Crippen LogP) is 4.38. The molecule has 0 amide bonds. The second-order valence-electron chi connectivity index (χ2n) is 4.02. The number of hydrogen-bond acceptors (Lipinski definition) is 1. The van der Waals surface area contributed by atoms with Gasteiger partial charge >= 0.3 is 41.8 Å².